The number of pyridine rings is 1. The highest BCUT2D eigenvalue weighted by Gasteiger charge is 2.06. The Morgan fingerprint density at radius 3 is 2.65 bits per heavy atom. The Balaban J connectivity index is 2.49. The molecule has 2 nitrogen and oxygen atoms in total. The lowest BCUT2D eigenvalue weighted by molar-refractivity contribution is 0.101. The summed E-state index contributed by atoms with van der Waals surface area (Å²) in [4.78, 5) is 15.2. The molecule has 86 valence electrons. The van der Waals surface area contributed by atoms with Gasteiger partial charge in [0.05, 0.1) is 5.02 Å². The summed E-state index contributed by atoms with van der Waals surface area (Å²) >= 11 is 5.70. The second-order valence-corrected chi connectivity index (χ2v) is 4.05. The van der Waals surface area contributed by atoms with Crippen molar-refractivity contribution in [2.24, 2.45) is 0 Å². The summed E-state index contributed by atoms with van der Waals surface area (Å²) in [6.45, 7) is 1.47. The van der Waals surface area contributed by atoms with E-state index >= 15 is 0 Å². The van der Waals surface area contributed by atoms with E-state index in [1.54, 1.807) is 18.3 Å². The molecule has 0 atom stereocenters. The minimum atomic E-state index is -0.467. The van der Waals surface area contributed by atoms with Gasteiger partial charge in [0.2, 0.25) is 0 Å². The molecule has 0 aliphatic heterocycles. The third kappa shape index (κ3) is 2.50. The molecule has 2 aromatic rings. The number of aromatic nitrogens is 1. The number of hydrogen-bond donors (Lipinski definition) is 0. The normalized spacial score (nSPS) is 10.3. The molecule has 0 aliphatic rings. The molecule has 0 saturated heterocycles. The maximum absolute atomic E-state index is 13.0. The van der Waals surface area contributed by atoms with Gasteiger partial charge in [-0.1, -0.05) is 17.7 Å². The molecule has 17 heavy (non-hydrogen) atoms. The minimum absolute atomic E-state index is 0.0516. The molecule has 0 saturated carbocycles. The largest absolute Gasteiger partial charge is 0.294 e. The summed E-state index contributed by atoms with van der Waals surface area (Å²) < 4.78 is 13.0. The molecule has 1 aromatic heterocycles. The Hall–Kier alpha value is -1.74. The van der Waals surface area contributed by atoms with Crippen LogP contribution in [0.5, 0.6) is 0 Å². The molecule has 0 amide bonds. The van der Waals surface area contributed by atoms with Crippen LogP contribution in [0.15, 0.2) is 36.7 Å². The predicted molar refractivity (Wildman–Crippen MR) is 64.6 cm³/mol. The highest BCUT2D eigenvalue weighted by molar-refractivity contribution is 6.31. The highest BCUT2D eigenvalue weighted by Crippen LogP contribution is 2.24. The van der Waals surface area contributed by atoms with E-state index in [9.17, 15) is 9.18 Å². The van der Waals surface area contributed by atoms with Gasteiger partial charge in [0.15, 0.2) is 5.78 Å². The second kappa shape index (κ2) is 4.63. The minimum Gasteiger partial charge on any atom is -0.294 e. The second-order valence-electron chi connectivity index (χ2n) is 3.65. The van der Waals surface area contributed by atoms with Gasteiger partial charge in [-0.3, -0.25) is 9.78 Å². The first-order chi connectivity index (χ1) is 8.08. The summed E-state index contributed by atoms with van der Waals surface area (Å²) in [6.07, 6.45) is 3.10. The molecule has 0 spiro atoms. The van der Waals surface area contributed by atoms with Gasteiger partial charge < -0.3 is 0 Å². The van der Waals surface area contributed by atoms with Crippen LogP contribution in [-0.2, 0) is 0 Å². The summed E-state index contributed by atoms with van der Waals surface area (Å²) in [5, 5.41) is 0.0516. The Kier molecular flexibility index (Phi) is 3.20. The van der Waals surface area contributed by atoms with Gasteiger partial charge in [-0.25, -0.2) is 4.39 Å². The molecule has 0 bridgehead atoms. The Labute approximate surface area is 103 Å². The summed E-state index contributed by atoms with van der Waals surface area (Å²) in [6, 6.07) is 6.11. The number of Topliss-reactive ketones (excluding diaryl/α,β-unsaturated/α-hetero) is 1. The summed E-state index contributed by atoms with van der Waals surface area (Å²) in [7, 11) is 0. The zero-order chi connectivity index (χ0) is 12.4. The predicted octanol–water partition coefficient (Wildman–Crippen LogP) is 3.74. The van der Waals surface area contributed by atoms with Gasteiger partial charge in [-0.15, -0.1) is 0 Å². The lowest BCUT2D eigenvalue weighted by Crippen LogP contribution is -1.93. The molecule has 1 heterocycles. The fraction of sp³-hybridized carbons (Fsp3) is 0.0769. The summed E-state index contributed by atoms with van der Waals surface area (Å²) in [5.74, 6) is -0.529. The van der Waals surface area contributed by atoms with Crippen LogP contribution < -0.4 is 0 Å². The molecule has 0 fully saturated rings. The van der Waals surface area contributed by atoms with Crippen molar-refractivity contribution in [2.45, 2.75) is 6.92 Å². The number of hydrogen-bond acceptors (Lipinski definition) is 2. The van der Waals surface area contributed by atoms with E-state index in [-0.39, 0.29) is 10.8 Å². The molecule has 4 heteroatoms. The molecule has 1 aromatic carbocycles. The topological polar surface area (TPSA) is 30.0 Å². The number of rotatable bonds is 2. The number of carbonyl (C=O) groups excluding carboxylic acids is 1. The first kappa shape index (κ1) is 11.7. The number of benzene rings is 1. The first-order valence-corrected chi connectivity index (χ1v) is 5.37. The number of halogens is 2. The van der Waals surface area contributed by atoms with Gasteiger partial charge in [-0.05, 0) is 30.7 Å². The van der Waals surface area contributed by atoms with Crippen LogP contribution >= 0.6 is 11.6 Å². The van der Waals surface area contributed by atoms with Crippen molar-refractivity contribution in [3.8, 4) is 11.1 Å². The van der Waals surface area contributed by atoms with Crippen LogP contribution in [0.2, 0.25) is 5.02 Å². The van der Waals surface area contributed by atoms with Gasteiger partial charge in [-0.2, -0.15) is 0 Å². The van der Waals surface area contributed by atoms with Crippen molar-refractivity contribution in [1.82, 2.24) is 4.98 Å². The van der Waals surface area contributed by atoms with E-state index in [0.29, 0.717) is 5.56 Å². The Morgan fingerprint density at radius 2 is 2.00 bits per heavy atom. The van der Waals surface area contributed by atoms with Gasteiger partial charge >= 0.3 is 0 Å². The smallest absolute Gasteiger partial charge is 0.161 e. The third-order valence-electron chi connectivity index (χ3n) is 2.40. The fourth-order valence-corrected chi connectivity index (χ4v) is 1.65. The molecule has 0 aliphatic carbocycles. The highest BCUT2D eigenvalue weighted by atomic mass is 35.5. The Bertz CT molecular complexity index is 583. The van der Waals surface area contributed by atoms with E-state index in [2.05, 4.69) is 4.98 Å². The lowest BCUT2D eigenvalue weighted by Gasteiger charge is -2.04. The van der Waals surface area contributed by atoms with Crippen LogP contribution in [0.25, 0.3) is 11.1 Å². The number of ketones is 1. The molecular weight excluding hydrogens is 241 g/mol. The van der Waals surface area contributed by atoms with E-state index < -0.39 is 5.82 Å². The van der Waals surface area contributed by atoms with Gasteiger partial charge in [0.1, 0.15) is 5.82 Å². The van der Waals surface area contributed by atoms with Crippen LogP contribution in [0.4, 0.5) is 4.39 Å². The average molecular weight is 250 g/mol. The standard InChI is InChI=1S/C13H9ClFNO/c1-8(17)10-4-11(7-16-6-10)9-2-3-13(15)12(14)5-9/h2-7H,1H3. The molecule has 0 radical (unpaired) electrons. The first-order valence-electron chi connectivity index (χ1n) is 4.99. The third-order valence-corrected chi connectivity index (χ3v) is 2.69. The van der Waals surface area contributed by atoms with Gasteiger partial charge in [0.25, 0.3) is 0 Å². The Morgan fingerprint density at radius 1 is 1.24 bits per heavy atom. The SMILES string of the molecule is CC(=O)c1cncc(-c2ccc(F)c(Cl)c2)c1. The molecule has 0 unspecified atom stereocenters. The van der Waals surface area contributed by atoms with Crippen molar-refractivity contribution in [3.05, 3.63) is 53.1 Å². The van der Waals surface area contributed by atoms with E-state index in [0.717, 1.165) is 11.1 Å². The molecule has 0 N–H and O–H groups in total. The maximum atomic E-state index is 13.0. The molecular formula is C13H9ClFNO. The van der Waals surface area contributed by atoms with Crippen LogP contribution in [0.3, 0.4) is 0 Å². The lowest BCUT2D eigenvalue weighted by atomic mass is 10.0. The van der Waals surface area contributed by atoms with E-state index in [4.69, 9.17) is 11.6 Å². The fourth-order valence-electron chi connectivity index (χ4n) is 1.47. The average Bonchev–Trinajstić information content (AvgIpc) is 2.33. The summed E-state index contributed by atoms with van der Waals surface area (Å²) in [5.41, 5.74) is 1.98. The number of nitrogens with zero attached hydrogens (tertiary/aromatic N) is 1. The van der Waals surface area contributed by atoms with Crippen molar-refractivity contribution in [2.75, 3.05) is 0 Å². The van der Waals surface area contributed by atoms with Crippen molar-refractivity contribution in [3.63, 3.8) is 0 Å². The monoisotopic (exact) mass is 249 g/mol. The zero-order valence-electron chi connectivity index (χ0n) is 9.08. The van der Waals surface area contributed by atoms with Crippen LogP contribution in [-0.4, -0.2) is 10.8 Å². The van der Waals surface area contributed by atoms with Crippen molar-refractivity contribution in [1.29, 1.82) is 0 Å². The maximum Gasteiger partial charge on any atom is 0.161 e. The zero-order valence-corrected chi connectivity index (χ0v) is 9.83. The van der Waals surface area contributed by atoms with Gasteiger partial charge in [0, 0.05) is 23.5 Å². The molecule has 2 rings (SSSR count). The van der Waals surface area contributed by atoms with Crippen LogP contribution in [0, 0.1) is 5.82 Å². The quantitative estimate of drug-likeness (QED) is 0.759. The van der Waals surface area contributed by atoms with Crippen molar-refractivity contribution < 1.29 is 9.18 Å². The van der Waals surface area contributed by atoms with Crippen molar-refractivity contribution >= 4 is 17.4 Å². The van der Waals surface area contributed by atoms with E-state index in [1.807, 2.05) is 0 Å². The number of carbonyl (C=O) groups is 1. The van der Waals surface area contributed by atoms with Crippen LogP contribution in [0.1, 0.15) is 17.3 Å². The van der Waals surface area contributed by atoms with E-state index in [1.165, 1.54) is 25.3 Å².